The lowest BCUT2D eigenvalue weighted by molar-refractivity contribution is -0.140. The molecular formula is C19H18F3N3O4. The van der Waals surface area contributed by atoms with Crippen LogP contribution in [0.2, 0.25) is 0 Å². The number of ether oxygens (including phenoxy) is 2. The molecule has 154 valence electrons. The van der Waals surface area contributed by atoms with Gasteiger partial charge in [-0.25, -0.2) is 0 Å². The molecule has 3 aromatic rings. The highest BCUT2D eigenvalue weighted by Crippen LogP contribution is 2.34. The number of hydrogen-bond acceptors (Lipinski definition) is 5. The van der Waals surface area contributed by atoms with E-state index in [1.54, 1.807) is 24.3 Å². The van der Waals surface area contributed by atoms with E-state index in [9.17, 15) is 18.0 Å². The number of hydrogen-bond donors (Lipinski definition) is 2. The van der Waals surface area contributed by atoms with Gasteiger partial charge in [0, 0.05) is 0 Å². The number of carbonyl (C=O) groups excluding carboxylic acids is 1. The number of furan rings is 1. The number of halogens is 3. The summed E-state index contributed by atoms with van der Waals surface area (Å²) in [7, 11) is 0. The number of benzene rings is 1. The lowest BCUT2D eigenvalue weighted by Crippen LogP contribution is -2.16. The number of amides is 1. The molecule has 2 heterocycles. The first-order chi connectivity index (χ1) is 13.8. The van der Waals surface area contributed by atoms with Crippen molar-refractivity contribution in [2.24, 2.45) is 0 Å². The van der Waals surface area contributed by atoms with Crippen molar-refractivity contribution in [2.75, 3.05) is 11.9 Å². The molecule has 3 rings (SSSR count). The van der Waals surface area contributed by atoms with Gasteiger partial charge in [-0.15, -0.1) is 0 Å². The highest BCUT2D eigenvalue weighted by atomic mass is 19.4. The zero-order valence-electron chi connectivity index (χ0n) is 15.6. The quantitative estimate of drug-likeness (QED) is 0.597. The standard InChI is InChI=1S/C19H18F3N3O4/c1-3-27-12-4-6-13(7-5-12)28-10-14-8-9-15(29-14)18(26)23-16-11(2)24-25-17(16)19(20,21)22/h4-9H,3,10H2,1-2H3,(H,23,26)(H,24,25). The number of alkyl halides is 3. The summed E-state index contributed by atoms with van der Waals surface area (Å²) in [5.74, 6) is 0.643. The Morgan fingerprint density at radius 3 is 2.41 bits per heavy atom. The van der Waals surface area contributed by atoms with Crippen LogP contribution >= 0.6 is 0 Å². The molecule has 7 nitrogen and oxygen atoms in total. The summed E-state index contributed by atoms with van der Waals surface area (Å²) in [6.45, 7) is 3.85. The zero-order chi connectivity index (χ0) is 21.0. The number of nitrogens with one attached hydrogen (secondary N) is 2. The Labute approximate surface area is 163 Å². The maximum atomic E-state index is 13.0. The number of nitrogens with zero attached hydrogens (tertiary/aromatic N) is 1. The number of rotatable bonds is 7. The largest absolute Gasteiger partial charge is 0.494 e. The van der Waals surface area contributed by atoms with Crippen LogP contribution in [0.25, 0.3) is 0 Å². The van der Waals surface area contributed by atoms with E-state index in [1.807, 2.05) is 6.92 Å². The monoisotopic (exact) mass is 409 g/mol. The van der Waals surface area contributed by atoms with Crippen molar-refractivity contribution >= 4 is 11.6 Å². The second-order valence-corrected chi connectivity index (χ2v) is 5.98. The summed E-state index contributed by atoms with van der Waals surface area (Å²) >= 11 is 0. The lowest BCUT2D eigenvalue weighted by atomic mass is 10.2. The van der Waals surface area contributed by atoms with Crippen molar-refractivity contribution in [2.45, 2.75) is 26.6 Å². The molecule has 0 atom stereocenters. The molecule has 1 amide bonds. The van der Waals surface area contributed by atoms with Gasteiger partial charge in [-0.2, -0.15) is 18.3 Å². The summed E-state index contributed by atoms with van der Waals surface area (Å²) in [6.07, 6.45) is -4.70. The highest BCUT2D eigenvalue weighted by Gasteiger charge is 2.38. The van der Waals surface area contributed by atoms with Crippen molar-refractivity contribution in [3.8, 4) is 11.5 Å². The van der Waals surface area contributed by atoms with Gasteiger partial charge < -0.3 is 19.2 Å². The van der Waals surface area contributed by atoms with Gasteiger partial charge in [0.15, 0.2) is 11.5 Å². The fourth-order valence-corrected chi connectivity index (χ4v) is 2.49. The lowest BCUT2D eigenvalue weighted by Gasteiger charge is -2.08. The predicted molar refractivity (Wildman–Crippen MR) is 96.9 cm³/mol. The summed E-state index contributed by atoms with van der Waals surface area (Å²) in [5, 5.41) is 7.59. The SMILES string of the molecule is CCOc1ccc(OCc2ccc(C(=O)Nc3c(C(F)(F)F)n[nH]c3C)o2)cc1. The normalized spacial score (nSPS) is 11.3. The molecule has 0 fully saturated rings. The molecule has 0 spiro atoms. The van der Waals surface area contributed by atoms with Gasteiger partial charge in [0.05, 0.1) is 18.0 Å². The highest BCUT2D eigenvalue weighted by molar-refractivity contribution is 6.03. The first-order valence-electron chi connectivity index (χ1n) is 8.65. The van der Waals surface area contributed by atoms with E-state index < -0.39 is 23.5 Å². The van der Waals surface area contributed by atoms with E-state index in [0.717, 1.165) is 0 Å². The number of aryl methyl sites for hydroxylation is 1. The van der Waals surface area contributed by atoms with Crippen LogP contribution in [-0.4, -0.2) is 22.7 Å². The van der Waals surface area contributed by atoms with Crippen LogP contribution in [0.3, 0.4) is 0 Å². The molecule has 0 aliphatic heterocycles. The number of aromatic amines is 1. The Balaban J connectivity index is 1.63. The van der Waals surface area contributed by atoms with Crippen molar-refractivity contribution in [1.82, 2.24) is 10.2 Å². The van der Waals surface area contributed by atoms with E-state index in [-0.39, 0.29) is 18.1 Å². The van der Waals surface area contributed by atoms with Crippen LogP contribution in [0.4, 0.5) is 18.9 Å². The minimum Gasteiger partial charge on any atom is -0.494 e. The number of carbonyl (C=O) groups is 1. The first-order valence-corrected chi connectivity index (χ1v) is 8.65. The smallest absolute Gasteiger partial charge is 0.437 e. The van der Waals surface area contributed by atoms with Gasteiger partial charge in [-0.1, -0.05) is 0 Å². The predicted octanol–water partition coefficient (Wildman–Crippen LogP) is 4.56. The van der Waals surface area contributed by atoms with Crippen LogP contribution in [0.1, 0.15) is 34.6 Å². The summed E-state index contributed by atoms with van der Waals surface area (Å²) in [5.41, 5.74) is -1.56. The zero-order valence-corrected chi connectivity index (χ0v) is 15.6. The van der Waals surface area contributed by atoms with Crippen LogP contribution < -0.4 is 14.8 Å². The van der Waals surface area contributed by atoms with E-state index in [1.165, 1.54) is 19.1 Å². The average molecular weight is 409 g/mol. The third-order valence-electron chi connectivity index (χ3n) is 3.86. The summed E-state index contributed by atoms with van der Waals surface area (Å²) in [6, 6.07) is 9.83. The van der Waals surface area contributed by atoms with Crippen LogP contribution in [0.5, 0.6) is 11.5 Å². The Morgan fingerprint density at radius 1 is 1.14 bits per heavy atom. The number of H-pyrrole nitrogens is 1. The fraction of sp³-hybridized carbons (Fsp3) is 0.263. The van der Waals surface area contributed by atoms with Crippen molar-refractivity contribution in [3.63, 3.8) is 0 Å². The minimum atomic E-state index is -4.70. The molecule has 1 aromatic carbocycles. The van der Waals surface area contributed by atoms with Gasteiger partial charge in [-0.3, -0.25) is 9.89 Å². The Bertz CT molecular complexity index is 977. The Morgan fingerprint density at radius 2 is 1.79 bits per heavy atom. The molecule has 2 aromatic heterocycles. The van der Waals surface area contributed by atoms with Gasteiger partial charge >= 0.3 is 6.18 Å². The molecule has 2 N–H and O–H groups in total. The van der Waals surface area contributed by atoms with Crippen LogP contribution in [0.15, 0.2) is 40.8 Å². The second-order valence-electron chi connectivity index (χ2n) is 5.98. The maximum absolute atomic E-state index is 13.0. The van der Waals surface area contributed by atoms with E-state index in [2.05, 4.69) is 15.5 Å². The van der Waals surface area contributed by atoms with Crippen molar-refractivity contribution < 1.29 is 31.9 Å². The molecule has 0 radical (unpaired) electrons. The third-order valence-corrected chi connectivity index (χ3v) is 3.86. The number of aromatic nitrogens is 2. The maximum Gasteiger partial charge on any atom is 0.437 e. The Hall–Kier alpha value is -3.43. The minimum absolute atomic E-state index is 0.0415. The second kappa shape index (κ2) is 8.29. The molecular weight excluding hydrogens is 391 g/mol. The molecule has 0 saturated heterocycles. The molecule has 10 heteroatoms. The van der Waals surface area contributed by atoms with E-state index in [4.69, 9.17) is 13.9 Å². The number of anilines is 1. The average Bonchev–Trinajstić information content (AvgIpc) is 3.28. The van der Waals surface area contributed by atoms with E-state index >= 15 is 0 Å². The third kappa shape index (κ3) is 4.89. The molecule has 0 saturated carbocycles. The topological polar surface area (TPSA) is 89.4 Å². The Kier molecular flexibility index (Phi) is 5.81. The van der Waals surface area contributed by atoms with Gasteiger partial charge in [0.25, 0.3) is 5.91 Å². The first kappa shape index (κ1) is 20.3. The van der Waals surface area contributed by atoms with Crippen LogP contribution in [0, 0.1) is 6.92 Å². The molecule has 0 bridgehead atoms. The van der Waals surface area contributed by atoms with E-state index in [0.29, 0.717) is 23.9 Å². The summed E-state index contributed by atoms with van der Waals surface area (Å²) < 4.78 is 55.2. The fourth-order valence-electron chi connectivity index (χ4n) is 2.49. The molecule has 0 aliphatic rings. The van der Waals surface area contributed by atoms with Gasteiger partial charge in [0.2, 0.25) is 0 Å². The molecule has 29 heavy (non-hydrogen) atoms. The van der Waals surface area contributed by atoms with Crippen molar-refractivity contribution in [1.29, 1.82) is 0 Å². The van der Waals surface area contributed by atoms with Gasteiger partial charge in [-0.05, 0) is 50.2 Å². The summed E-state index contributed by atoms with van der Waals surface area (Å²) in [4.78, 5) is 12.3. The van der Waals surface area contributed by atoms with Crippen molar-refractivity contribution in [3.05, 3.63) is 59.3 Å². The van der Waals surface area contributed by atoms with Gasteiger partial charge in [0.1, 0.15) is 23.9 Å². The molecule has 0 aliphatic carbocycles. The molecule has 0 unspecified atom stereocenters. The van der Waals surface area contributed by atoms with Crippen LogP contribution in [-0.2, 0) is 12.8 Å².